The SMILES string of the molecule is NC(=O)c1cn(-c2ccc3c(c2)CCC3)c2nc(Nc3ccc(CCNCCO)cc3)ncc2c1=O. The number of fused-ring (bicyclic) bond motifs is 2. The van der Waals surface area contributed by atoms with Gasteiger partial charge in [0, 0.05) is 30.3 Å². The Bertz CT molecular complexity index is 1480. The van der Waals surface area contributed by atoms with Crippen LogP contribution in [0.3, 0.4) is 0 Å². The number of carbonyl (C=O) groups is 1. The zero-order valence-electron chi connectivity index (χ0n) is 19.8. The highest BCUT2D eigenvalue weighted by atomic mass is 16.3. The summed E-state index contributed by atoms with van der Waals surface area (Å²) < 4.78 is 1.74. The van der Waals surface area contributed by atoms with Gasteiger partial charge in [0.15, 0.2) is 5.65 Å². The first-order valence-corrected chi connectivity index (χ1v) is 12.1. The highest BCUT2D eigenvalue weighted by molar-refractivity contribution is 5.96. The quantitative estimate of drug-likeness (QED) is 0.268. The van der Waals surface area contributed by atoms with Gasteiger partial charge in [-0.15, -0.1) is 0 Å². The number of carbonyl (C=O) groups excluding carboxylic acids is 1. The van der Waals surface area contributed by atoms with Crippen molar-refractivity contribution in [3.8, 4) is 5.69 Å². The van der Waals surface area contributed by atoms with Gasteiger partial charge in [0.1, 0.15) is 5.56 Å². The van der Waals surface area contributed by atoms with E-state index in [0.29, 0.717) is 18.1 Å². The molecule has 1 amide bonds. The first-order chi connectivity index (χ1) is 17.5. The lowest BCUT2D eigenvalue weighted by Crippen LogP contribution is -2.24. The van der Waals surface area contributed by atoms with E-state index in [-0.39, 0.29) is 17.6 Å². The van der Waals surface area contributed by atoms with Crippen molar-refractivity contribution >= 4 is 28.6 Å². The van der Waals surface area contributed by atoms with Gasteiger partial charge in [-0.05, 0) is 73.2 Å². The molecule has 9 heteroatoms. The zero-order valence-corrected chi connectivity index (χ0v) is 19.8. The van der Waals surface area contributed by atoms with Crippen LogP contribution in [0.5, 0.6) is 0 Å². The van der Waals surface area contributed by atoms with Crippen molar-refractivity contribution in [3.05, 3.63) is 87.3 Å². The van der Waals surface area contributed by atoms with Crippen LogP contribution >= 0.6 is 0 Å². The number of aryl methyl sites for hydroxylation is 2. The molecule has 0 aliphatic heterocycles. The summed E-state index contributed by atoms with van der Waals surface area (Å²) in [6.45, 7) is 1.49. The maximum atomic E-state index is 12.9. The van der Waals surface area contributed by atoms with Crippen molar-refractivity contribution in [1.82, 2.24) is 19.9 Å². The first-order valence-electron chi connectivity index (χ1n) is 12.1. The highest BCUT2D eigenvalue weighted by Gasteiger charge is 2.18. The van der Waals surface area contributed by atoms with Crippen molar-refractivity contribution in [1.29, 1.82) is 0 Å². The number of aliphatic hydroxyl groups is 1. The van der Waals surface area contributed by atoms with Gasteiger partial charge in [-0.1, -0.05) is 18.2 Å². The summed E-state index contributed by atoms with van der Waals surface area (Å²) >= 11 is 0. The van der Waals surface area contributed by atoms with Gasteiger partial charge < -0.3 is 26.0 Å². The topological polar surface area (TPSA) is 135 Å². The van der Waals surface area contributed by atoms with Crippen LogP contribution in [0.15, 0.2) is 59.7 Å². The summed E-state index contributed by atoms with van der Waals surface area (Å²) in [5.41, 5.74) is 10.7. The lowest BCUT2D eigenvalue weighted by molar-refractivity contribution is 0.0999. The fourth-order valence-corrected chi connectivity index (χ4v) is 4.57. The Balaban J connectivity index is 1.49. The number of nitrogens with two attached hydrogens (primary N) is 1. The van der Waals surface area contributed by atoms with Gasteiger partial charge in [-0.2, -0.15) is 4.98 Å². The van der Waals surface area contributed by atoms with E-state index < -0.39 is 11.3 Å². The maximum Gasteiger partial charge on any atom is 0.254 e. The number of amides is 1. The standard InChI is InChI=1S/C27H28N6O3/c28-25(36)23-16-33(21-9-6-18-2-1-3-19(18)14-21)26-22(24(23)35)15-30-27(32-26)31-20-7-4-17(5-8-20)10-11-29-12-13-34/h4-9,14-16,29,34H,1-3,10-13H2,(H2,28,36)(H,30,31,32). The maximum absolute atomic E-state index is 12.9. The van der Waals surface area contributed by atoms with Gasteiger partial charge >= 0.3 is 0 Å². The van der Waals surface area contributed by atoms with E-state index in [2.05, 4.69) is 32.7 Å². The molecule has 36 heavy (non-hydrogen) atoms. The Hall–Kier alpha value is -4.08. The molecule has 0 atom stereocenters. The van der Waals surface area contributed by atoms with E-state index in [1.54, 1.807) is 4.57 Å². The van der Waals surface area contributed by atoms with Crippen molar-refractivity contribution < 1.29 is 9.90 Å². The monoisotopic (exact) mass is 484 g/mol. The van der Waals surface area contributed by atoms with Crippen LogP contribution in [0.25, 0.3) is 16.7 Å². The number of hydrogen-bond donors (Lipinski definition) is 4. The number of anilines is 2. The Morgan fingerprint density at radius 3 is 2.67 bits per heavy atom. The van der Waals surface area contributed by atoms with E-state index in [9.17, 15) is 9.59 Å². The number of nitrogens with zero attached hydrogens (tertiary/aromatic N) is 3. The third-order valence-electron chi connectivity index (χ3n) is 6.46. The number of pyridine rings is 1. The van der Waals surface area contributed by atoms with Gasteiger partial charge in [-0.25, -0.2) is 4.98 Å². The molecule has 184 valence electrons. The van der Waals surface area contributed by atoms with Gasteiger partial charge in [0.25, 0.3) is 5.91 Å². The van der Waals surface area contributed by atoms with E-state index in [1.165, 1.54) is 23.5 Å². The highest BCUT2D eigenvalue weighted by Crippen LogP contribution is 2.26. The molecule has 4 aromatic rings. The molecule has 0 radical (unpaired) electrons. The van der Waals surface area contributed by atoms with Crippen LogP contribution in [-0.4, -0.2) is 45.2 Å². The molecule has 2 aromatic heterocycles. The van der Waals surface area contributed by atoms with Crippen molar-refractivity contribution in [2.75, 3.05) is 25.0 Å². The minimum atomic E-state index is -0.786. The number of rotatable bonds is 9. The van der Waals surface area contributed by atoms with Gasteiger partial charge in [0.05, 0.1) is 12.0 Å². The fourth-order valence-electron chi connectivity index (χ4n) is 4.57. The number of benzene rings is 2. The largest absolute Gasteiger partial charge is 0.395 e. The first kappa shape index (κ1) is 23.7. The lowest BCUT2D eigenvalue weighted by atomic mass is 10.1. The number of nitrogens with one attached hydrogen (secondary N) is 2. The summed E-state index contributed by atoms with van der Waals surface area (Å²) in [5, 5.41) is 15.4. The number of aromatic nitrogens is 3. The minimum absolute atomic E-state index is 0.101. The summed E-state index contributed by atoms with van der Waals surface area (Å²) in [7, 11) is 0. The predicted octanol–water partition coefficient (Wildman–Crippen LogP) is 2.24. The molecule has 0 saturated carbocycles. The molecular weight excluding hydrogens is 456 g/mol. The van der Waals surface area contributed by atoms with Gasteiger partial charge in [0.2, 0.25) is 11.4 Å². The molecule has 1 aliphatic carbocycles. The Morgan fingerprint density at radius 2 is 1.89 bits per heavy atom. The van der Waals surface area contributed by atoms with Crippen LogP contribution < -0.4 is 21.8 Å². The molecule has 5 N–H and O–H groups in total. The molecule has 0 spiro atoms. The summed E-state index contributed by atoms with van der Waals surface area (Å²) in [5.74, 6) is -0.452. The molecule has 0 fully saturated rings. The predicted molar refractivity (Wildman–Crippen MR) is 139 cm³/mol. The second-order valence-corrected chi connectivity index (χ2v) is 8.89. The third kappa shape index (κ3) is 4.84. The Morgan fingerprint density at radius 1 is 1.08 bits per heavy atom. The van der Waals surface area contributed by atoms with Crippen LogP contribution in [0, 0.1) is 0 Å². The molecule has 9 nitrogen and oxygen atoms in total. The smallest absolute Gasteiger partial charge is 0.254 e. The molecule has 2 aromatic carbocycles. The van der Waals surface area contributed by atoms with E-state index in [0.717, 1.165) is 49.2 Å². The summed E-state index contributed by atoms with van der Waals surface area (Å²) in [6, 6.07) is 14.1. The van der Waals surface area contributed by atoms with Gasteiger partial charge in [-0.3, -0.25) is 9.59 Å². The average Bonchev–Trinajstić information content (AvgIpc) is 3.36. The lowest BCUT2D eigenvalue weighted by Gasteiger charge is -2.14. The Labute approximate surface area is 208 Å². The average molecular weight is 485 g/mol. The molecular formula is C27H28N6O3. The van der Waals surface area contributed by atoms with Crippen molar-refractivity contribution in [3.63, 3.8) is 0 Å². The second-order valence-electron chi connectivity index (χ2n) is 8.89. The molecule has 0 unspecified atom stereocenters. The zero-order chi connectivity index (χ0) is 25.1. The summed E-state index contributed by atoms with van der Waals surface area (Å²) in [6.07, 6.45) is 6.93. The number of primary amides is 1. The van der Waals surface area contributed by atoms with Crippen molar-refractivity contribution in [2.45, 2.75) is 25.7 Å². The Kier molecular flexibility index (Phi) is 6.75. The third-order valence-corrected chi connectivity index (χ3v) is 6.46. The molecule has 1 aliphatic rings. The minimum Gasteiger partial charge on any atom is -0.395 e. The number of hydrogen-bond acceptors (Lipinski definition) is 7. The van der Waals surface area contributed by atoms with E-state index in [1.807, 2.05) is 30.3 Å². The van der Waals surface area contributed by atoms with Crippen LogP contribution in [0.1, 0.15) is 33.5 Å². The molecule has 2 heterocycles. The molecule has 0 bridgehead atoms. The van der Waals surface area contributed by atoms with Crippen LogP contribution in [0.2, 0.25) is 0 Å². The summed E-state index contributed by atoms with van der Waals surface area (Å²) in [4.78, 5) is 33.9. The normalized spacial score (nSPS) is 12.6. The van der Waals surface area contributed by atoms with Crippen LogP contribution in [0.4, 0.5) is 11.6 Å². The molecule has 5 rings (SSSR count). The molecule has 0 saturated heterocycles. The number of aliphatic hydroxyl groups excluding tert-OH is 1. The van der Waals surface area contributed by atoms with Crippen LogP contribution in [-0.2, 0) is 19.3 Å². The second kappa shape index (κ2) is 10.3. The van der Waals surface area contributed by atoms with Crippen molar-refractivity contribution in [2.24, 2.45) is 5.73 Å². The van der Waals surface area contributed by atoms with E-state index >= 15 is 0 Å². The van der Waals surface area contributed by atoms with E-state index in [4.69, 9.17) is 10.8 Å². The fraction of sp³-hybridized carbons (Fsp3) is 0.259.